The van der Waals surface area contributed by atoms with Crippen LogP contribution >= 0.6 is 23.4 Å². The Bertz CT molecular complexity index is 909. The van der Waals surface area contributed by atoms with Crippen molar-refractivity contribution in [2.24, 2.45) is 4.99 Å². The minimum absolute atomic E-state index is 0.265. The molecule has 1 aliphatic rings. The largest absolute Gasteiger partial charge is 0.465 e. The van der Waals surface area contributed by atoms with E-state index in [-0.39, 0.29) is 5.91 Å². The Hall–Kier alpha value is -2.57. The Balaban J connectivity index is 1.90. The number of methoxy groups -OCH3 is 1. The molecule has 0 aliphatic carbocycles. The van der Waals surface area contributed by atoms with Gasteiger partial charge in [-0.1, -0.05) is 41.9 Å². The number of ether oxygens (including phenoxy) is 1. The van der Waals surface area contributed by atoms with E-state index in [1.807, 2.05) is 18.2 Å². The molecule has 1 heterocycles. The zero-order chi connectivity index (χ0) is 17.8. The van der Waals surface area contributed by atoms with E-state index < -0.39 is 5.97 Å². The molecule has 2 aromatic rings. The van der Waals surface area contributed by atoms with Crippen LogP contribution in [0.5, 0.6) is 0 Å². The number of aliphatic imine (C=N–C) groups is 1. The first-order chi connectivity index (χ1) is 12.1. The first-order valence-electron chi connectivity index (χ1n) is 7.30. The Morgan fingerprint density at radius 2 is 1.92 bits per heavy atom. The third kappa shape index (κ3) is 3.92. The second-order valence-corrected chi connectivity index (χ2v) is 6.45. The molecular weight excluding hydrogens is 360 g/mol. The maximum absolute atomic E-state index is 12.1. The molecule has 1 amide bonds. The lowest BCUT2D eigenvalue weighted by Gasteiger charge is -2.03. The van der Waals surface area contributed by atoms with E-state index in [1.165, 1.54) is 18.9 Å². The summed E-state index contributed by atoms with van der Waals surface area (Å²) in [5.41, 5.74) is 1.50. The van der Waals surface area contributed by atoms with Crippen molar-refractivity contribution in [2.45, 2.75) is 0 Å². The van der Waals surface area contributed by atoms with Crippen LogP contribution in [0.4, 0.5) is 5.69 Å². The summed E-state index contributed by atoms with van der Waals surface area (Å²) < 4.78 is 4.75. The SMILES string of the molecule is COC(=O)c1ccccc1N=C1NC(=O)/C(=C/c2ccccc2Cl)S1. The van der Waals surface area contributed by atoms with E-state index in [0.717, 1.165) is 5.56 Å². The summed E-state index contributed by atoms with van der Waals surface area (Å²) in [6.45, 7) is 0. The van der Waals surface area contributed by atoms with Gasteiger partial charge in [-0.3, -0.25) is 4.79 Å². The van der Waals surface area contributed by atoms with Crippen molar-refractivity contribution >= 4 is 52.2 Å². The third-order valence-electron chi connectivity index (χ3n) is 3.37. The number of thioether (sulfide) groups is 1. The highest BCUT2D eigenvalue weighted by atomic mass is 35.5. The molecule has 0 aromatic heterocycles. The summed E-state index contributed by atoms with van der Waals surface area (Å²) in [5, 5.41) is 3.64. The monoisotopic (exact) mass is 372 g/mol. The molecule has 1 N–H and O–H groups in total. The van der Waals surface area contributed by atoms with Gasteiger partial charge in [0.25, 0.3) is 5.91 Å². The predicted molar refractivity (Wildman–Crippen MR) is 100 cm³/mol. The molecule has 1 aliphatic heterocycles. The third-order valence-corrected chi connectivity index (χ3v) is 4.63. The van der Waals surface area contributed by atoms with Gasteiger partial charge in [0.15, 0.2) is 5.17 Å². The predicted octanol–water partition coefficient (Wildman–Crippen LogP) is 4.02. The number of nitrogens with one attached hydrogen (secondary N) is 1. The minimum Gasteiger partial charge on any atom is -0.465 e. The van der Waals surface area contributed by atoms with Crippen LogP contribution in [0.3, 0.4) is 0 Å². The lowest BCUT2D eigenvalue weighted by molar-refractivity contribution is -0.115. The molecule has 1 fully saturated rings. The van der Waals surface area contributed by atoms with Gasteiger partial charge in [-0.25, -0.2) is 9.79 Å². The molecule has 0 unspecified atom stereocenters. The Morgan fingerprint density at radius 1 is 1.20 bits per heavy atom. The van der Waals surface area contributed by atoms with Gasteiger partial charge in [-0.15, -0.1) is 0 Å². The van der Waals surface area contributed by atoms with E-state index in [9.17, 15) is 9.59 Å². The molecule has 1 saturated heterocycles. The second-order valence-electron chi connectivity index (χ2n) is 5.01. The van der Waals surface area contributed by atoms with Crippen LogP contribution < -0.4 is 5.32 Å². The first kappa shape index (κ1) is 17.3. The number of carbonyl (C=O) groups is 2. The van der Waals surface area contributed by atoms with Gasteiger partial charge in [0.05, 0.1) is 23.3 Å². The molecule has 7 heteroatoms. The van der Waals surface area contributed by atoms with Crippen LogP contribution in [-0.2, 0) is 9.53 Å². The summed E-state index contributed by atoms with van der Waals surface area (Å²) in [6.07, 6.45) is 1.71. The van der Waals surface area contributed by atoms with Crippen molar-refractivity contribution in [3.63, 3.8) is 0 Å². The summed E-state index contributed by atoms with van der Waals surface area (Å²) in [6, 6.07) is 14.0. The normalized spacial score (nSPS) is 17.0. The van der Waals surface area contributed by atoms with Crippen LogP contribution in [0, 0.1) is 0 Å². The van der Waals surface area contributed by atoms with Gasteiger partial charge < -0.3 is 10.1 Å². The Morgan fingerprint density at radius 3 is 2.68 bits per heavy atom. The van der Waals surface area contributed by atoms with Crippen molar-refractivity contribution in [1.82, 2.24) is 5.32 Å². The van der Waals surface area contributed by atoms with Gasteiger partial charge in [-0.2, -0.15) is 0 Å². The van der Waals surface area contributed by atoms with Gasteiger partial charge in [-0.05, 0) is 41.6 Å². The molecule has 0 saturated carbocycles. The standard InChI is InChI=1S/C18H13ClN2O3S/c1-24-17(23)12-7-3-5-9-14(12)20-18-21-16(22)15(25-18)10-11-6-2-4-8-13(11)19/h2-10H,1H3,(H,20,21,22)/b15-10-. The summed E-state index contributed by atoms with van der Waals surface area (Å²) in [7, 11) is 1.31. The number of benzene rings is 2. The van der Waals surface area contributed by atoms with Crippen LogP contribution in [0.2, 0.25) is 5.02 Å². The number of para-hydroxylation sites is 1. The topological polar surface area (TPSA) is 67.8 Å². The fourth-order valence-electron chi connectivity index (χ4n) is 2.18. The van der Waals surface area contributed by atoms with Crippen LogP contribution in [0.15, 0.2) is 58.4 Å². The average Bonchev–Trinajstić information content (AvgIpc) is 2.96. The number of halogens is 1. The fraction of sp³-hybridized carbons (Fsp3) is 0.0556. The smallest absolute Gasteiger partial charge is 0.340 e. The lowest BCUT2D eigenvalue weighted by Crippen LogP contribution is -2.19. The van der Waals surface area contributed by atoms with Crippen molar-refractivity contribution in [1.29, 1.82) is 0 Å². The zero-order valence-corrected chi connectivity index (χ0v) is 14.7. The van der Waals surface area contributed by atoms with Gasteiger partial charge >= 0.3 is 5.97 Å². The number of esters is 1. The number of amides is 1. The Kier molecular flexibility index (Phi) is 5.21. The highest BCUT2D eigenvalue weighted by Crippen LogP contribution is 2.30. The van der Waals surface area contributed by atoms with E-state index >= 15 is 0 Å². The maximum atomic E-state index is 12.1. The average molecular weight is 373 g/mol. The molecule has 25 heavy (non-hydrogen) atoms. The van der Waals surface area contributed by atoms with Crippen LogP contribution in [0.1, 0.15) is 15.9 Å². The number of hydrogen-bond donors (Lipinski definition) is 1. The van der Waals surface area contributed by atoms with Crippen molar-refractivity contribution in [3.8, 4) is 0 Å². The number of hydrogen-bond acceptors (Lipinski definition) is 5. The van der Waals surface area contributed by atoms with Gasteiger partial charge in [0, 0.05) is 5.02 Å². The highest BCUT2D eigenvalue weighted by Gasteiger charge is 2.24. The van der Waals surface area contributed by atoms with Crippen molar-refractivity contribution in [3.05, 3.63) is 69.6 Å². The summed E-state index contributed by atoms with van der Waals surface area (Å²) >= 11 is 7.31. The van der Waals surface area contributed by atoms with E-state index in [1.54, 1.807) is 36.4 Å². The lowest BCUT2D eigenvalue weighted by atomic mass is 10.2. The maximum Gasteiger partial charge on any atom is 0.340 e. The Labute approximate surface area is 153 Å². The molecule has 0 radical (unpaired) electrons. The second kappa shape index (κ2) is 7.55. The first-order valence-corrected chi connectivity index (χ1v) is 8.49. The minimum atomic E-state index is -0.485. The molecular formula is C18H13ClN2O3S. The van der Waals surface area contributed by atoms with Crippen LogP contribution in [0.25, 0.3) is 6.08 Å². The molecule has 0 spiro atoms. The van der Waals surface area contributed by atoms with E-state index in [0.29, 0.717) is 26.3 Å². The van der Waals surface area contributed by atoms with Gasteiger partial charge in [0.1, 0.15) is 0 Å². The number of rotatable bonds is 3. The summed E-state index contributed by atoms with van der Waals surface area (Å²) in [4.78, 5) is 28.8. The molecule has 126 valence electrons. The molecule has 2 aromatic carbocycles. The number of carbonyl (C=O) groups excluding carboxylic acids is 2. The molecule has 0 bridgehead atoms. The van der Waals surface area contributed by atoms with Gasteiger partial charge in [0.2, 0.25) is 0 Å². The highest BCUT2D eigenvalue weighted by molar-refractivity contribution is 8.18. The van der Waals surface area contributed by atoms with Crippen molar-refractivity contribution < 1.29 is 14.3 Å². The molecule has 0 atom stereocenters. The zero-order valence-electron chi connectivity index (χ0n) is 13.2. The van der Waals surface area contributed by atoms with Crippen molar-refractivity contribution in [2.75, 3.05) is 7.11 Å². The number of nitrogens with zero attached hydrogens (tertiary/aromatic N) is 1. The van der Waals surface area contributed by atoms with E-state index in [4.69, 9.17) is 16.3 Å². The molecule has 3 rings (SSSR count). The fourth-order valence-corrected chi connectivity index (χ4v) is 3.19. The molecule has 5 nitrogen and oxygen atoms in total. The number of amidine groups is 1. The summed E-state index contributed by atoms with van der Waals surface area (Å²) in [5.74, 6) is -0.750. The van der Waals surface area contributed by atoms with E-state index in [2.05, 4.69) is 10.3 Å². The quantitative estimate of drug-likeness (QED) is 0.652. The van der Waals surface area contributed by atoms with Crippen LogP contribution in [-0.4, -0.2) is 24.2 Å².